The summed E-state index contributed by atoms with van der Waals surface area (Å²) in [7, 11) is -4.17. The van der Waals surface area contributed by atoms with E-state index in [1.807, 2.05) is 0 Å². The quantitative estimate of drug-likeness (QED) is 0.213. The predicted octanol–water partition coefficient (Wildman–Crippen LogP) is -1.74. The molecule has 132 valence electrons. The monoisotopic (exact) mass is 382 g/mol. The first-order valence-corrected chi connectivity index (χ1v) is 9.25. The van der Waals surface area contributed by atoms with Crippen molar-refractivity contribution in [1.82, 2.24) is 9.76 Å². The van der Waals surface area contributed by atoms with E-state index >= 15 is 0 Å². The van der Waals surface area contributed by atoms with Crippen molar-refractivity contribution in [2.75, 3.05) is 31.5 Å². The largest absolute Gasteiger partial charge is 0.394 e. The summed E-state index contributed by atoms with van der Waals surface area (Å²) in [6.07, 6.45) is -7.49. The van der Waals surface area contributed by atoms with E-state index < -0.39 is 44.9 Å². The van der Waals surface area contributed by atoms with E-state index in [9.17, 15) is 24.8 Å². The van der Waals surface area contributed by atoms with E-state index in [0.29, 0.717) is 0 Å². The molecular formula is C10H21Cl2N2O7P. The van der Waals surface area contributed by atoms with Crippen molar-refractivity contribution in [3.8, 4) is 0 Å². The Morgan fingerprint density at radius 2 is 1.77 bits per heavy atom. The van der Waals surface area contributed by atoms with Crippen LogP contribution >= 0.6 is 30.9 Å². The average molecular weight is 383 g/mol. The zero-order chi connectivity index (χ0) is 16.9. The van der Waals surface area contributed by atoms with Gasteiger partial charge < -0.3 is 30.1 Å². The molecule has 1 aliphatic heterocycles. The van der Waals surface area contributed by atoms with Crippen LogP contribution in [0.2, 0.25) is 0 Å². The Morgan fingerprint density at radius 3 is 2.27 bits per heavy atom. The number of rotatable bonds is 8. The van der Waals surface area contributed by atoms with Gasteiger partial charge in [-0.15, -0.1) is 23.2 Å². The van der Waals surface area contributed by atoms with E-state index in [-0.39, 0.29) is 24.8 Å². The maximum atomic E-state index is 12.3. The number of nitrogens with one attached hydrogen (secondary N) is 1. The lowest BCUT2D eigenvalue weighted by Gasteiger charge is -2.45. The first kappa shape index (κ1) is 20.5. The Labute approximate surface area is 138 Å². The zero-order valence-corrected chi connectivity index (χ0v) is 14.0. The highest BCUT2D eigenvalue weighted by atomic mass is 35.5. The average Bonchev–Trinajstić information content (AvgIpc) is 2.49. The van der Waals surface area contributed by atoms with E-state index in [1.165, 1.54) is 0 Å². The van der Waals surface area contributed by atoms with Gasteiger partial charge in [0, 0.05) is 24.8 Å². The van der Waals surface area contributed by atoms with E-state index in [2.05, 4.69) is 5.09 Å². The molecule has 6 N–H and O–H groups in total. The predicted molar refractivity (Wildman–Crippen MR) is 79.7 cm³/mol. The van der Waals surface area contributed by atoms with Crippen LogP contribution < -0.4 is 5.09 Å². The summed E-state index contributed by atoms with van der Waals surface area (Å²) in [5.74, 6) is 0.0239. The van der Waals surface area contributed by atoms with Crippen LogP contribution in [0.25, 0.3) is 0 Å². The summed E-state index contributed by atoms with van der Waals surface area (Å²) in [5.41, 5.74) is 0. The third-order valence-corrected chi connectivity index (χ3v) is 5.35. The summed E-state index contributed by atoms with van der Waals surface area (Å²) in [4.78, 5) is 10.1. The third-order valence-electron chi connectivity index (χ3n) is 3.23. The number of hydrogen-bond acceptors (Lipinski definition) is 6. The smallest absolute Gasteiger partial charge is 0.343 e. The zero-order valence-electron chi connectivity index (χ0n) is 11.6. The second-order valence-electron chi connectivity index (χ2n) is 4.71. The van der Waals surface area contributed by atoms with Gasteiger partial charge in [-0.2, -0.15) is 4.67 Å². The number of nitrogens with zero attached hydrogens (tertiary/aromatic N) is 1. The number of hydrogen-bond donors (Lipinski definition) is 6. The maximum Gasteiger partial charge on any atom is 0.343 e. The summed E-state index contributed by atoms with van der Waals surface area (Å²) in [6.45, 7) is -0.764. The lowest BCUT2D eigenvalue weighted by Crippen LogP contribution is -2.63. The van der Waals surface area contributed by atoms with Crippen LogP contribution in [0.1, 0.15) is 0 Å². The maximum absolute atomic E-state index is 12.3. The molecule has 0 bridgehead atoms. The summed E-state index contributed by atoms with van der Waals surface area (Å²) in [5, 5.41) is 41.0. The van der Waals surface area contributed by atoms with Gasteiger partial charge in [-0.3, -0.25) is 4.57 Å². The van der Waals surface area contributed by atoms with Gasteiger partial charge in [-0.25, -0.2) is 5.09 Å². The van der Waals surface area contributed by atoms with Gasteiger partial charge in [-0.1, -0.05) is 0 Å². The molecule has 1 fully saturated rings. The highest BCUT2D eigenvalue weighted by molar-refractivity contribution is 7.53. The van der Waals surface area contributed by atoms with Crippen LogP contribution in [0.4, 0.5) is 0 Å². The van der Waals surface area contributed by atoms with Gasteiger partial charge in [-0.05, 0) is 0 Å². The van der Waals surface area contributed by atoms with Gasteiger partial charge >= 0.3 is 7.67 Å². The normalized spacial score (nSPS) is 35.5. The minimum Gasteiger partial charge on any atom is -0.394 e. The van der Waals surface area contributed by atoms with Crippen molar-refractivity contribution < 1.29 is 34.6 Å². The van der Waals surface area contributed by atoms with Crippen molar-refractivity contribution in [2.45, 2.75) is 30.6 Å². The van der Waals surface area contributed by atoms with Crippen molar-refractivity contribution in [3.63, 3.8) is 0 Å². The molecule has 0 radical (unpaired) electrons. The van der Waals surface area contributed by atoms with Crippen LogP contribution in [-0.4, -0.2) is 92.1 Å². The molecule has 1 unspecified atom stereocenters. The highest BCUT2D eigenvalue weighted by Crippen LogP contribution is 2.44. The molecule has 1 saturated heterocycles. The Balaban J connectivity index is 3.00. The molecule has 1 rings (SSSR count). The first-order valence-electron chi connectivity index (χ1n) is 6.57. The Bertz CT molecular complexity index is 392. The standard InChI is InChI=1S/C10H21Cl2N2O7P/c11-1-3-13-22(19,20)14(4-2-12)10-9(18)8(17)7(16)6(5-15)21-10/h6-10,15-18H,1-5H2,(H2,13,19,20)/t6-,7-,8+,9-,10-/m1/s1. The molecule has 1 heterocycles. The Kier molecular flexibility index (Phi) is 8.49. The molecule has 0 aromatic rings. The SMILES string of the molecule is O=P(O)(NCCCl)N(CCCl)[C@@H]1O[C@H](CO)[C@@H](O)[C@H](O)[C@H]1O. The molecule has 0 aromatic carbocycles. The second-order valence-corrected chi connectivity index (χ2v) is 7.39. The molecule has 6 atom stereocenters. The van der Waals surface area contributed by atoms with Gasteiger partial charge in [0.05, 0.1) is 6.61 Å². The Hall–Kier alpha value is 0.490. The summed E-state index contributed by atoms with van der Waals surface area (Å²) < 4.78 is 18.5. The van der Waals surface area contributed by atoms with Gasteiger partial charge in [0.2, 0.25) is 0 Å². The van der Waals surface area contributed by atoms with Crippen LogP contribution in [0.15, 0.2) is 0 Å². The summed E-state index contributed by atoms with van der Waals surface area (Å²) in [6, 6.07) is 0. The minimum atomic E-state index is -4.17. The minimum absolute atomic E-state index is 0.0194. The molecule has 22 heavy (non-hydrogen) atoms. The topological polar surface area (TPSA) is 143 Å². The molecule has 0 amide bonds. The van der Waals surface area contributed by atoms with Crippen molar-refractivity contribution in [2.24, 2.45) is 0 Å². The Morgan fingerprint density at radius 1 is 1.14 bits per heavy atom. The fourth-order valence-corrected chi connectivity index (χ4v) is 4.09. The molecule has 1 aliphatic rings. The number of aliphatic hydroxyl groups excluding tert-OH is 4. The van der Waals surface area contributed by atoms with Gasteiger partial charge in [0.1, 0.15) is 30.6 Å². The van der Waals surface area contributed by atoms with Crippen molar-refractivity contribution >= 4 is 30.9 Å². The van der Waals surface area contributed by atoms with E-state index in [0.717, 1.165) is 4.67 Å². The number of aliphatic hydroxyl groups is 4. The van der Waals surface area contributed by atoms with Crippen LogP contribution in [0.5, 0.6) is 0 Å². The number of ether oxygens (including phenoxy) is 1. The third kappa shape index (κ3) is 4.75. The fourth-order valence-electron chi connectivity index (χ4n) is 2.11. The molecule has 9 nitrogen and oxygen atoms in total. The highest BCUT2D eigenvalue weighted by Gasteiger charge is 2.49. The number of halogens is 2. The van der Waals surface area contributed by atoms with Gasteiger partial charge in [0.15, 0.2) is 0 Å². The lowest BCUT2D eigenvalue weighted by atomic mass is 9.98. The molecule has 0 saturated carbocycles. The van der Waals surface area contributed by atoms with Crippen LogP contribution in [-0.2, 0) is 9.30 Å². The van der Waals surface area contributed by atoms with E-state index in [4.69, 9.17) is 33.0 Å². The lowest BCUT2D eigenvalue weighted by molar-refractivity contribution is -0.253. The molecule has 0 spiro atoms. The van der Waals surface area contributed by atoms with E-state index in [1.54, 1.807) is 0 Å². The molecule has 0 aromatic heterocycles. The van der Waals surface area contributed by atoms with Crippen LogP contribution in [0.3, 0.4) is 0 Å². The number of alkyl halides is 2. The van der Waals surface area contributed by atoms with Crippen molar-refractivity contribution in [1.29, 1.82) is 0 Å². The van der Waals surface area contributed by atoms with Crippen molar-refractivity contribution in [3.05, 3.63) is 0 Å². The fraction of sp³-hybridized carbons (Fsp3) is 1.00. The molecular weight excluding hydrogens is 362 g/mol. The first-order chi connectivity index (χ1) is 10.3. The molecule has 0 aliphatic carbocycles. The summed E-state index contributed by atoms with van der Waals surface area (Å²) >= 11 is 11.1. The van der Waals surface area contributed by atoms with Crippen LogP contribution in [0, 0.1) is 0 Å². The second kappa shape index (κ2) is 9.10. The van der Waals surface area contributed by atoms with Gasteiger partial charge in [0.25, 0.3) is 0 Å². The molecule has 12 heteroatoms.